The number of methoxy groups -OCH3 is 1. The molecule has 0 spiro atoms. The Kier molecular flexibility index (Phi) is 3.14. The molecule has 0 fully saturated rings. The summed E-state index contributed by atoms with van der Waals surface area (Å²) in [5, 5.41) is 0. The van der Waals surface area contributed by atoms with E-state index in [9.17, 15) is 9.18 Å². The Labute approximate surface area is 97.9 Å². The lowest BCUT2D eigenvalue weighted by Crippen LogP contribution is -1.91. The molecule has 1 aromatic heterocycles. The van der Waals surface area contributed by atoms with Crippen LogP contribution >= 0.6 is 0 Å². The zero-order valence-corrected chi connectivity index (χ0v) is 9.18. The molecular formula is C13H10FNO2. The van der Waals surface area contributed by atoms with Crippen molar-refractivity contribution < 1.29 is 13.9 Å². The van der Waals surface area contributed by atoms with Gasteiger partial charge < -0.3 is 4.74 Å². The molecule has 0 aliphatic heterocycles. The third-order valence-electron chi connectivity index (χ3n) is 2.40. The molecule has 0 aliphatic rings. The maximum Gasteiger partial charge on any atom is 0.212 e. The van der Waals surface area contributed by atoms with Gasteiger partial charge in [0.25, 0.3) is 0 Å². The van der Waals surface area contributed by atoms with Crippen LogP contribution in [0.2, 0.25) is 0 Å². The molecule has 0 amide bonds. The largest absolute Gasteiger partial charge is 0.481 e. The number of aldehydes is 1. The first-order valence-corrected chi connectivity index (χ1v) is 4.99. The lowest BCUT2D eigenvalue weighted by Gasteiger charge is -2.05. The van der Waals surface area contributed by atoms with Crippen molar-refractivity contribution in [1.82, 2.24) is 4.98 Å². The van der Waals surface area contributed by atoms with Gasteiger partial charge in [-0.3, -0.25) is 4.79 Å². The molecule has 1 aromatic carbocycles. The number of hydrogen-bond donors (Lipinski definition) is 0. The van der Waals surface area contributed by atoms with Crippen LogP contribution in [0.3, 0.4) is 0 Å². The highest BCUT2D eigenvalue weighted by Gasteiger charge is 2.06. The molecule has 2 rings (SSSR count). The van der Waals surface area contributed by atoms with Crippen LogP contribution in [0, 0.1) is 5.82 Å². The fourth-order valence-electron chi connectivity index (χ4n) is 1.54. The summed E-state index contributed by atoms with van der Waals surface area (Å²) in [6.07, 6.45) is 2.24. The monoisotopic (exact) mass is 231 g/mol. The summed E-state index contributed by atoms with van der Waals surface area (Å²) in [6.45, 7) is 0. The van der Waals surface area contributed by atoms with Crippen molar-refractivity contribution in [2.24, 2.45) is 0 Å². The van der Waals surface area contributed by atoms with Crippen molar-refractivity contribution in [1.29, 1.82) is 0 Å². The number of carbonyl (C=O) groups is 1. The highest BCUT2D eigenvalue weighted by molar-refractivity contribution is 5.87. The maximum atomic E-state index is 13.2. The van der Waals surface area contributed by atoms with Crippen molar-refractivity contribution in [2.45, 2.75) is 0 Å². The Hall–Kier alpha value is -2.23. The van der Waals surface area contributed by atoms with Gasteiger partial charge in [-0.25, -0.2) is 9.37 Å². The minimum Gasteiger partial charge on any atom is -0.481 e. The van der Waals surface area contributed by atoms with Gasteiger partial charge in [0.2, 0.25) is 5.88 Å². The first kappa shape index (κ1) is 11.3. The minimum atomic E-state index is -0.388. The molecule has 0 atom stereocenters. The van der Waals surface area contributed by atoms with Gasteiger partial charge in [-0.15, -0.1) is 0 Å². The molecule has 0 saturated carbocycles. The van der Waals surface area contributed by atoms with E-state index >= 15 is 0 Å². The summed E-state index contributed by atoms with van der Waals surface area (Å²) in [4.78, 5) is 14.9. The van der Waals surface area contributed by atoms with E-state index in [1.54, 1.807) is 18.3 Å². The number of rotatable bonds is 3. The van der Waals surface area contributed by atoms with Crippen LogP contribution in [0.4, 0.5) is 4.39 Å². The second kappa shape index (κ2) is 4.74. The predicted octanol–water partition coefficient (Wildman–Crippen LogP) is 2.71. The molecular weight excluding hydrogens is 221 g/mol. The number of nitrogens with zero attached hydrogens (tertiary/aromatic N) is 1. The Morgan fingerprint density at radius 1 is 1.29 bits per heavy atom. The molecule has 86 valence electrons. The van der Waals surface area contributed by atoms with E-state index in [1.807, 2.05) is 0 Å². The highest BCUT2D eigenvalue weighted by Crippen LogP contribution is 2.24. The quantitative estimate of drug-likeness (QED) is 0.762. The van der Waals surface area contributed by atoms with E-state index in [-0.39, 0.29) is 5.82 Å². The molecule has 4 heteroatoms. The van der Waals surface area contributed by atoms with Gasteiger partial charge in [0.05, 0.1) is 7.11 Å². The molecule has 1 heterocycles. The third-order valence-corrected chi connectivity index (χ3v) is 2.40. The molecule has 0 unspecified atom stereocenters. The first-order valence-electron chi connectivity index (χ1n) is 4.99. The number of halogens is 1. The van der Waals surface area contributed by atoms with Crippen molar-refractivity contribution in [3.63, 3.8) is 0 Å². The van der Waals surface area contributed by atoms with Gasteiger partial charge in [0.1, 0.15) is 5.82 Å². The number of benzene rings is 1. The molecule has 2 aromatic rings. The number of hydrogen-bond acceptors (Lipinski definition) is 3. The summed E-state index contributed by atoms with van der Waals surface area (Å²) in [7, 11) is 1.51. The molecule has 0 radical (unpaired) electrons. The second-order valence-electron chi connectivity index (χ2n) is 3.44. The SMILES string of the molecule is COc1ccc(-c2cc(F)ccc2C=O)cn1. The van der Waals surface area contributed by atoms with Gasteiger partial charge in [-0.2, -0.15) is 0 Å². The van der Waals surface area contributed by atoms with Crippen molar-refractivity contribution in [3.05, 3.63) is 47.9 Å². The highest BCUT2D eigenvalue weighted by atomic mass is 19.1. The Morgan fingerprint density at radius 2 is 2.12 bits per heavy atom. The van der Waals surface area contributed by atoms with Crippen LogP contribution in [0.25, 0.3) is 11.1 Å². The Morgan fingerprint density at radius 3 is 2.71 bits per heavy atom. The number of pyridine rings is 1. The Bertz CT molecular complexity index is 538. The number of aromatic nitrogens is 1. The summed E-state index contributed by atoms with van der Waals surface area (Å²) >= 11 is 0. The molecule has 0 saturated heterocycles. The lowest BCUT2D eigenvalue weighted by atomic mass is 10.0. The standard InChI is InChI=1S/C13H10FNO2/c1-17-13-5-3-9(7-15-13)12-6-11(14)4-2-10(12)8-16/h2-8H,1H3. The van der Waals surface area contributed by atoms with E-state index in [0.717, 1.165) is 0 Å². The van der Waals surface area contributed by atoms with Gasteiger partial charge in [-0.1, -0.05) is 0 Å². The van der Waals surface area contributed by atoms with E-state index in [4.69, 9.17) is 4.74 Å². The average Bonchev–Trinajstić information content (AvgIpc) is 2.39. The minimum absolute atomic E-state index is 0.388. The van der Waals surface area contributed by atoms with Crippen LogP contribution in [0.1, 0.15) is 10.4 Å². The van der Waals surface area contributed by atoms with Gasteiger partial charge in [0.15, 0.2) is 6.29 Å². The second-order valence-corrected chi connectivity index (χ2v) is 3.44. The Balaban J connectivity index is 2.50. The third kappa shape index (κ3) is 2.30. The number of ether oxygens (including phenoxy) is 1. The molecule has 3 nitrogen and oxygen atoms in total. The van der Waals surface area contributed by atoms with Gasteiger partial charge in [0, 0.05) is 23.4 Å². The zero-order valence-electron chi connectivity index (χ0n) is 9.18. The first-order chi connectivity index (χ1) is 8.24. The summed E-state index contributed by atoms with van der Waals surface area (Å²) in [5.74, 6) is 0.0826. The zero-order chi connectivity index (χ0) is 12.3. The van der Waals surface area contributed by atoms with Crippen LogP contribution < -0.4 is 4.74 Å². The van der Waals surface area contributed by atoms with E-state index in [2.05, 4.69) is 4.98 Å². The van der Waals surface area contributed by atoms with Gasteiger partial charge >= 0.3 is 0 Å². The van der Waals surface area contributed by atoms with E-state index in [0.29, 0.717) is 28.9 Å². The molecule has 0 bridgehead atoms. The van der Waals surface area contributed by atoms with E-state index in [1.165, 1.54) is 25.3 Å². The fraction of sp³-hybridized carbons (Fsp3) is 0.0769. The normalized spacial score (nSPS) is 10.0. The molecule has 0 N–H and O–H groups in total. The summed E-state index contributed by atoms with van der Waals surface area (Å²) in [5.41, 5.74) is 1.63. The van der Waals surface area contributed by atoms with Crippen LogP contribution in [-0.2, 0) is 0 Å². The van der Waals surface area contributed by atoms with Crippen molar-refractivity contribution in [2.75, 3.05) is 7.11 Å². The van der Waals surface area contributed by atoms with Crippen LogP contribution in [0.5, 0.6) is 5.88 Å². The van der Waals surface area contributed by atoms with Crippen LogP contribution in [-0.4, -0.2) is 18.4 Å². The van der Waals surface area contributed by atoms with Gasteiger partial charge in [-0.05, 0) is 29.8 Å². The summed E-state index contributed by atoms with van der Waals surface area (Å²) in [6, 6.07) is 7.40. The maximum absolute atomic E-state index is 13.2. The molecule has 0 aliphatic carbocycles. The topological polar surface area (TPSA) is 39.2 Å². The van der Waals surface area contributed by atoms with E-state index < -0.39 is 0 Å². The average molecular weight is 231 g/mol. The lowest BCUT2D eigenvalue weighted by molar-refractivity contribution is 0.112. The summed E-state index contributed by atoms with van der Waals surface area (Å²) < 4.78 is 18.1. The van der Waals surface area contributed by atoms with Crippen molar-refractivity contribution in [3.8, 4) is 17.0 Å². The number of carbonyl (C=O) groups excluding carboxylic acids is 1. The van der Waals surface area contributed by atoms with Crippen LogP contribution in [0.15, 0.2) is 36.5 Å². The molecule has 17 heavy (non-hydrogen) atoms. The predicted molar refractivity (Wildman–Crippen MR) is 61.6 cm³/mol. The fourth-order valence-corrected chi connectivity index (χ4v) is 1.54. The van der Waals surface area contributed by atoms with Crippen molar-refractivity contribution >= 4 is 6.29 Å². The smallest absolute Gasteiger partial charge is 0.212 e.